The van der Waals surface area contributed by atoms with E-state index in [2.05, 4.69) is 23.6 Å². The van der Waals surface area contributed by atoms with Crippen LogP contribution in [0.2, 0.25) is 0 Å². The average Bonchev–Trinajstić information content (AvgIpc) is 2.23. The van der Waals surface area contributed by atoms with Gasteiger partial charge in [0.05, 0.1) is 0 Å². The molecule has 1 aliphatic heterocycles. The van der Waals surface area contributed by atoms with Gasteiger partial charge in [-0.05, 0) is 24.1 Å². The van der Waals surface area contributed by atoms with Crippen molar-refractivity contribution in [3.05, 3.63) is 29.3 Å². The maximum Gasteiger partial charge on any atom is 0.0450 e. The van der Waals surface area contributed by atoms with Crippen molar-refractivity contribution in [2.75, 3.05) is 25.4 Å². The summed E-state index contributed by atoms with van der Waals surface area (Å²) in [7, 11) is 0. The van der Waals surface area contributed by atoms with Crippen LogP contribution in [0.25, 0.3) is 0 Å². The minimum Gasteiger partial charge on any atom is -0.399 e. The fourth-order valence-corrected chi connectivity index (χ4v) is 1.92. The molecular formula is C11H17N3. The van der Waals surface area contributed by atoms with Gasteiger partial charge >= 0.3 is 0 Å². The molecule has 3 heteroatoms. The fourth-order valence-electron chi connectivity index (χ4n) is 1.92. The highest BCUT2D eigenvalue weighted by Gasteiger charge is 2.16. The van der Waals surface area contributed by atoms with Crippen molar-refractivity contribution < 1.29 is 0 Å². The second-order valence-electron chi connectivity index (χ2n) is 3.77. The summed E-state index contributed by atoms with van der Waals surface area (Å²) in [4.78, 5) is 0. The molecule has 1 saturated heterocycles. The molecule has 0 radical (unpaired) electrons. The lowest BCUT2D eigenvalue weighted by atomic mass is 9.99. The molecule has 2 rings (SSSR count). The number of nitrogen functional groups attached to an aromatic ring is 1. The highest BCUT2D eigenvalue weighted by molar-refractivity contribution is 5.51. The Labute approximate surface area is 84.7 Å². The molecule has 0 bridgehead atoms. The van der Waals surface area contributed by atoms with Gasteiger partial charge in [-0.15, -0.1) is 0 Å². The third kappa shape index (κ3) is 1.74. The number of piperazine rings is 1. The molecule has 0 aromatic heterocycles. The number of hydrogen-bond donors (Lipinski definition) is 3. The smallest absolute Gasteiger partial charge is 0.0450 e. The Morgan fingerprint density at radius 2 is 2.21 bits per heavy atom. The van der Waals surface area contributed by atoms with Crippen LogP contribution in [0.1, 0.15) is 17.2 Å². The van der Waals surface area contributed by atoms with Crippen LogP contribution in [0.4, 0.5) is 5.69 Å². The number of nitrogens with one attached hydrogen (secondary N) is 2. The Morgan fingerprint density at radius 1 is 1.36 bits per heavy atom. The van der Waals surface area contributed by atoms with Gasteiger partial charge in [0.15, 0.2) is 0 Å². The van der Waals surface area contributed by atoms with E-state index in [1.807, 2.05) is 12.1 Å². The van der Waals surface area contributed by atoms with Gasteiger partial charge in [0.1, 0.15) is 0 Å². The number of nitrogens with two attached hydrogens (primary N) is 1. The molecule has 1 heterocycles. The van der Waals surface area contributed by atoms with E-state index in [1.54, 1.807) is 0 Å². The number of benzene rings is 1. The van der Waals surface area contributed by atoms with Gasteiger partial charge in [-0.3, -0.25) is 0 Å². The summed E-state index contributed by atoms with van der Waals surface area (Å²) >= 11 is 0. The van der Waals surface area contributed by atoms with Crippen molar-refractivity contribution in [3.63, 3.8) is 0 Å². The van der Waals surface area contributed by atoms with Crippen molar-refractivity contribution >= 4 is 5.69 Å². The van der Waals surface area contributed by atoms with Gasteiger partial charge in [0.25, 0.3) is 0 Å². The van der Waals surface area contributed by atoms with Gasteiger partial charge in [-0.25, -0.2) is 0 Å². The standard InChI is InChI=1S/C11H17N3/c1-8-9(3-2-4-10(8)12)11-7-13-5-6-14-11/h2-4,11,13-14H,5-7,12H2,1H3. The topological polar surface area (TPSA) is 50.1 Å². The zero-order valence-electron chi connectivity index (χ0n) is 8.51. The Kier molecular flexibility index (Phi) is 2.70. The summed E-state index contributed by atoms with van der Waals surface area (Å²) in [6, 6.07) is 6.53. The van der Waals surface area contributed by atoms with E-state index in [0.29, 0.717) is 6.04 Å². The highest BCUT2D eigenvalue weighted by atomic mass is 15.1. The van der Waals surface area contributed by atoms with Gasteiger partial charge in [0, 0.05) is 31.4 Å². The Bertz CT molecular complexity index is 316. The molecular weight excluding hydrogens is 174 g/mol. The average molecular weight is 191 g/mol. The fraction of sp³-hybridized carbons (Fsp3) is 0.455. The Balaban J connectivity index is 2.26. The van der Waals surface area contributed by atoms with Crippen LogP contribution in [0.3, 0.4) is 0 Å². The molecule has 1 aromatic rings. The van der Waals surface area contributed by atoms with Gasteiger partial charge in [0.2, 0.25) is 0 Å². The van der Waals surface area contributed by atoms with Crippen LogP contribution in [0.15, 0.2) is 18.2 Å². The van der Waals surface area contributed by atoms with Gasteiger partial charge in [-0.1, -0.05) is 12.1 Å². The van der Waals surface area contributed by atoms with Crippen LogP contribution in [0.5, 0.6) is 0 Å². The SMILES string of the molecule is Cc1c(N)cccc1C1CNCCN1. The van der Waals surface area contributed by atoms with Crippen LogP contribution in [-0.2, 0) is 0 Å². The molecule has 0 spiro atoms. The molecule has 0 aliphatic carbocycles. The first kappa shape index (κ1) is 9.49. The third-order valence-electron chi connectivity index (χ3n) is 2.83. The number of anilines is 1. The highest BCUT2D eigenvalue weighted by Crippen LogP contribution is 2.22. The van der Waals surface area contributed by atoms with E-state index in [-0.39, 0.29) is 0 Å². The minimum absolute atomic E-state index is 0.409. The number of hydrogen-bond acceptors (Lipinski definition) is 3. The summed E-state index contributed by atoms with van der Waals surface area (Å²) < 4.78 is 0. The number of rotatable bonds is 1. The molecule has 3 nitrogen and oxygen atoms in total. The van der Waals surface area contributed by atoms with E-state index in [4.69, 9.17) is 5.73 Å². The van der Waals surface area contributed by atoms with Crippen molar-refractivity contribution in [2.24, 2.45) is 0 Å². The monoisotopic (exact) mass is 191 g/mol. The lowest BCUT2D eigenvalue weighted by Gasteiger charge is -2.26. The summed E-state index contributed by atoms with van der Waals surface area (Å²) in [6.07, 6.45) is 0. The molecule has 1 unspecified atom stereocenters. The lowest BCUT2D eigenvalue weighted by Crippen LogP contribution is -2.42. The molecule has 1 fully saturated rings. The van der Waals surface area contributed by atoms with Crippen LogP contribution < -0.4 is 16.4 Å². The maximum absolute atomic E-state index is 5.88. The van der Waals surface area contributed by atoms with Crippen LogP contribution >= 0.6 is 0 Å². The predicted molar refractivity (Wildman–Crippen MR) is 59.2 cm³/mol. The maximum atomic E-state index is 5.88. The van der Waals surface area contributed by atoms with Crippen LogP contribution in [-0.4, -0.2) is 19.6 Å². The molecule has 1 aliphatic rings. The third-order valence-corrected chi connectivity index (χ3v) is 2.83. The van der Waals surface area contributed by atoms with E-state index in [0.717, 1.165) is 25.3 Å². The zero-order valence-corrected chi connectivity index (χ0v) is 8.51. The molecule has 4 N–H and O–H groups in total. The van der Waals surface area contributed by atoms with Gasteiger partial charge < -0.3 is 16.4 Å². The molecule has 14 heavy (non-hydrogen) atoms. The van der Waals surface area contributed by atoms with E-state index in [1.165, 1.54) is 11.1 Å². The first-order valence-corrected chi connectivity index (χ1v) is 5.08. The first-order chi connectivity index (χ1) is 6.79. The minimum atomic E-state index is 0.409. The second kappa shape index (κ2) is 3.98. The van der Waals surface area contributed by atoms with Crippen molar-refractivity contribution in [3.8, 4) is 0 Å². The summed E-state index contributed by atoms with van der Waals surface area (Å²) in [5.41, 5.74) is 9.28. The van der Waals surface area contributed by atoms with Gasteiger partial charge in [-0.2, -0.15) is 0 Å². The van der Waals surface area contributed by atoms with E-state index in [9.17, 15) is 0 Å². The Morgan fingerprint density at radius 3 is 2.93 bits per heavy atom. The lowest BCUT2D eigenvalue weighted by molar-refractivity contribution is 0.429. The van der Waals surface area contributed by atoms with Crippen molar-refractivity contribution in [2.45, 2.75) is 13.0 Å². The van der Waals surface area contributed by atoms with E-state index < -0.39 is 0 Å². The second-order valence-corrected chi connectivity index (χ2v) is 3.77. The zero-order chi connectivity index (χ0) is 9.97. The predicted octanol–water partition coefficient (Wildman–Crippen LogP) is 0.811. The molecule has 1 aromatic carbocycles. The molecule has 76 valence electrons. The molecule has 1 atom stereocenters. The van der Waals surface area contributed by atoms with E-state index >= 15 is 0 Å². The molecule has 0 saturated carbocycles. The van der Waals surface area contributed by atoms with Crippen molar-refractivity contribution in [1.82, 2.24) is 10.6 Å². The normalized spacial score (nSPS) is 22.2. The summed E-state index contributed by atoms with van der Waals surface area (Å²) in [6.45, 7) is 5.15. The van der Waals surface area contributed by atoms with Crippen LogP contribution in [0, 0.1) is 6.92 Å². The first-order valence-electron chi connectivity index (χ1n) is 5.08. The Hall–Kier alpha value is -1.06. The molecule has 0 amide bonds. The summed E-state index contributed by atoms with van der Waals surface area (Å²) in [5.74, 6) is 0. The van der Waals surface area contributed by atoms with Crippen molar-refractivity contribution in [1.29, 1.82) is 0 Å². The quantitative estimate of drug-likeness (QED) is 0.576. The summed E-state index contributed by atoms with van der Waals surface area (Å²) in [5, 5.41) is 6.86. The largest absolute Gasteiger partial charge is 0.399 e.